The molecule has 0 amide bonds. The smallest absolute Gasteiger partial charge is 0.307 e. The quantitative estimate of drug-likeness (QED) is 0.779. The fourth-order valence-corrected chi connectivity index (χ4v) is 2.02. The van der Waals surface area contributed by atoms with Gasteiger partial charge < -0.3 is 10.1 Å². The predicted octanol–water partition coefficient (Wildman–Crippen LogP) is 1.75. The Morgan fingerprint density at radius 3 is 3.13 bits per heavy atom. The third kappa shape index (κ3) is 1.29. The van der Waals surface area contributed by atoms with E-state index >= 15 is 0 Å². The van der Waals surface area contributed by atoms with E-state index in [1.807, 2.05) is 18.2 Å². The summed E-state index contributed by atoms with van der Waals surface area (Å²) in [5.74, 6) is -0.690. The lowest BCUT2D eigenvalue weighted by Gasteiger charge is -1.97. The van der Waals surface area contributed by atoms with E-state index in [1.165, 1.54) is 0 Å². The van der Waals surface area contributed by atoms with Gasteiger partial charge in [0.1, 0.15) is 0 Å². The Kier molecular flexibility index (Phi) is 1.59. The lowest BCUT2D eigenvalue weighted by Crippen LogP contribution is -1.98. The molecule has 0 unspecified atom stereocenters. The van der Waals surface area contributed by atoms with Crippen LogP contribution in [-0.4, -0.2) is 21.0 Å². The minimum atomic E-state index is -0.690. The number of nitrogens with zero attached hydrogens (tertiary/aromatic N) is 1. The number of imidazole rings is 1. The third-order valence-electron chi connectivity index (χ3n) is 2.98. The zero-order chi connectivity index (χ0) is 10.4. The monoisotopic (exact) mass is 202 g/mol. The topological polar surface area (TPSA) is 66.0 Å². The van der Waals surface area contributed by atoms with Crippen molar-refractivity contribution >= 4 is 17.0 Å². The van der Waals surface area contributed by atoms with Crippen LogP contribution in [-0.2, 0) is 4.79 Å². The second-order valence-corrected chi connectivity index (χ2v) is 3.97. The van der Waals surface area contributed by atoms with Crippen LogP contribution in [0.1, 0.15) is 17.9 Å². The summed E-state index contributed by atoms with van der Waals surface area (Å²) in [5, 5.41) is 8.84. The van der Waals surface area contributed by atoms with Gasteiger partial charge >= 0.3 is 5.97 Å². The van der Waals surface area contributed by atoms with Crippen molar-refractivity contribution in [3.8, 4) is 0 Å². The van der Waals surface area contributed by atoms with Gasteiger partial charge in [0.15, 0.2) is 0 Å². The van der Waals surface area contributed by atoms with Gasteiger partial charge in [-0.3, -0.25) is 4.79 Å². The van der Waals surface area contributed by atoms with Crippen molar-refractivity contribution in [1.29, 1.82) is 0 Å². The number of fused-ring (bicyclic) bond motifs is 1. The van der Waals surface area contributed by atoms with Crippen LogP contribution >= 0.6 is 0 Å². The molecule has 0 spiro atoms. The van der Waals surface area contributed by atoms with Crippen molar-refractivity contribution in [2.24, 2.45) is 5.92 Å². The van der Waals surface area contributed by atoms with Gasteiger partial charge in [-0.05, 0) is 30.0 Å². The molecule has 0 bridgehead atoms. The summed E-state index contributed by atoms with van der Waals surface area (Å²) in [4.78, 5) is 17.9. The van der Waals surface area contributed by atoms with Crippen molar-refractivity contribution in [3.63, 3.8) is 0 Å². The van der Waals surface area contributed by atoms with Crippen molar-refractivity contribution in [2.75, 3.05) is 0 Å². The minimum absolute atomic E-state index is 0.189. The van der Waals surface area contributed by atoms with Gasteiger partial charge in [-0.25, -0.2) is 4.98 Å². The molecule has 1 heterocycles. The van der Waals surface area contributed by atoms with Crippen LogP contribution in [0.3, 0.4) is 0 Å². The molecule has 2 atom stereocenters. The first-order valence-corrected chi connectivity index (χ1v) is 4.91. The molecule has 15 heavy (non-hydrogen) atoms. The number of carboxylic acid groups (broad SMARTS) is 1. The maximum atomic E-state index is 10.7. The summed E-state index contributed by atoms with van der Waals surface area (Å²) in [5.41, 5.74) is 2.99. The maximum absolute atomic E-state index is 10.7. The summed E-state index contributed by atoms with van der Waals surface area (Å²) in [7, 11) is 0. The molecule has 4 heteroatoms. The zero-order valence-electron chi connectivity index (χ0n) is 7.97. The maximum Gasteiger partial charge on any atom is 0.307 e. The molecule has 1 aliphatic carbocycles. The van der Waals surface area contributed by atoms with Gasteiger partial charge in [0.05, 0.1) is 23.3 Å². The first kappa shape index (κ1) is 8.47. The molecule has 0 aliphatic heterocycles. The molecule has 2 aromatic rings. The van der Waals surface area contributed by atoms with E-state index in [0.717, 1.165) is 23.0 Å². The Balaban J connectivity index is 1.96. The second-order valence-electron chi connectivity index (χ2n) is 3.97. The van der Waals surface area contributed by atoms with Gasteiger partial charge in [0, 0.05) is 0 Å². The third-order valence-corrected chi connectivity index (χ3v) is 2.98. The van der Waals surface area contributed by atoms with E-state index in [9.17, 15) is 4.79 Å². The highest BCUT2D eigenvalue weighted by Gasteiger charge is 2.44. The van der Waals surface area contributed by atoms with E-state index in [4.69, 9.17) is 5.11 Å². The van der Waals surface area contributed by atoms with Gasteiger partial charge in [0.25, 0.3) is 0 Å². The van der Waals surface area contributed by atoms with E-state index in [0.29, 0.717) is 0 Å². The number of benzene rings is 1. The van der Waals surface area contributed by atoms with Crippen LogP contribution < -0.4 is 0 Å². The molecular weight excluding hydrogens is 192 g/mol. The lowest BCUT2D eigenvalue weighted by atomic mass is 10.1. The second kappa shape index (κ2) is 2.82. The van der Waals surface area contributed by atoms with Gasteiger partial charge in [-0.1, -0.05) is 6.07 Å². The van der Waals surface area contributed by atoms with Crippen LogP contribution in [0.5, 0.6) is 0 Å². The molecule has 2 N–H and O–H groups in total. The molecule has 1 fully saturated rings. The standard InChI is InChI=1S/C11H10N2O2/c14-11(15)8-4-7(8)6-1-2-9-10(3-6)13-5-12-9/h1-3,5,7-8H,4H2,(H,12,13)(H,14,15)/t7-,8+/m0/s1. The average Bonchev–Trinajstić information content (AvgIpc) is 2.89. The molecule has 3 rings (SSSR count). The minimum Gasteiger partial charge on any atom is -0.481 e. The summed E-state index contributed by atoms with van der Waals surface area (Å²) in [6, 6.07) is 5.89. The summed E-state index contributed by atoms with van der Waals surface area (Å²) >= 11 is 0. The number of aromatic nitrogens is 2. The zero-order valence-corrected chi connectivity index (χ0v) is 7.97. The van der Waals surface area contributed by atoms with Crippen LogP contribution in [0.25, 0.3) is 11.0 Å². The van der Waals surface area contributed by atoms with E-state index in [-0.39, 0.29) is 11.8 Å². The van der Waals surface area contributed by atoms with Crippen molar-refractivity contribution in [2.45, 2.75) is 12.3 Å². The number of hydrogen-bond donors (Lipinski definition) is 2. The van der Waals surface area contributed by atoms with Gasteiger partial charge in [-0.2, -0.15) is 0 Å². The lowest BCUT2D eigenvalue weighted by molar-refractivity contribution is -0.138. The van der Waals surface area contributed by atoms with Crippen LogP contribution in [0.15, 0.2) is 24.5 Å². The highest BCUT2D eigenvalue weighted by Crippen LogP contribution is 2.47. The van der Waals surface area contributed by atoms with Crippen molar-refractivity contribution in [3.05, 3.63) is 30.1 Å². The molecular formula is C11H10N2O2. The fourth-order valence-electron chi connectivity index (χ4n) is 2.02. The highest BCUT2D eigenvalue weighted by atomic mass is 16.4. The highest BCUT2D eigenvalue weighted by molar-refractivity contribution is 5.78. The molecule has 1 saturated carbocycles. The number of H-pyrrole nitrogens is 1. The van der Waals surface area contributed by atoms with Crippen LogP contribution in [0.4, 0.5) is 0 Å². The van der Waals surface area contributed by atoms with E-state index in [1.54, 1.807) is 6.33 Å². The van der Waals surface area contributed by atoms with Crippen LogP contribution in [0.2, 0.25) is 0 Å². The average molecular weight is 202 g/mol. The van der Waals surface area contributed by atoms with Gasteiger partial charge in [-0.15, -0.1) is 0 Å². The molecule has 4 nitrogen and oxygen atoms in total. The molecule has 0 saturated heterocycles. The Bertz CT molecular complexity index is 532. The number of carbonyl (C=O) groups is 1. The Morgan fingerprint density at radius 2 is 2.40 bits per heavy atom. The number of rotatable bonds is 2. The van der Waals surface area contributed by atoms with Crippen molar-refractivity contribution < 1.29 is 9.90 Å². The summed E-state index contributed by atoms with van der Waals surface area (Å²) in [6.07, 6.45) is 2.41. The first-order chi connectivity index (χ1) is 7.25. The number of carboxylic acids is 1. The van der Waals surface area contributed by atoms with Crippen molar-refractivity contribution in [1.82, 2.24) is 9.97 Å². The molecule has 1 aromatic heterocycles. The summed E-state index contributed by atoms with van der Waals surface area (Å²) < 4.78 is 0. The normalized spacial score (nSPS) is 24.3. The largest absolute Gasteiger partial charge is 0.481 e. The van der Waals surface area contributed by atoms with Gasteiger partial charge in [0.2, 0.25) is 0 Å². The number of aliphatic carboxylic acids is 1. The number of nitrogens with one attached hydrogen (secondary N) is 1. The molecule has 0 radical (unpaired) electrons. The Morgan fingerprint density at radius 1 is 1.53 bits per heavy atom. The SMILES string of the molecule is O=C(O)[C@@H]1C[C@H]1c1ccc2nc[nH]c2c1. The Labute approximate surface area is 86.0 Å². The summed E-state index contributed by atoms with van der Waals surface area (Å²) in [6.45, 7) is 0. The van der Waals surface area contributed by atoms with E-state index < -0.39 is 5.97 Å². The number of aromatic amines is 1. The van der Waals surface area contributed by atoms with E-state index in [2.05, 4.69) is 9.97 Å². The predicted molar refractivity (Wildman–Crippen MR) is 54.6 cm³/mol. The molecule has 76 valence electrons. The Hall–Kier alpha value is -1.84. The first-order valence-electron chi connectivity index (χ1n) is 4.91. The molecule has 1 aliphatic rings. The number of hydrogen-bond acceptors (Lipinski definition) is 2. The van der Waals surface area contributed by atoms with Crippen LogP contribution in [0, 0.1) is 5.92 Å². The fraction of sp³-hybridized carbons (Fsp3) is 0.273. The molecule has 1 aromatic carbocycles.